The first kappa shape index (κ1) is 19.1. The van der Waals surface area contributed by atoms with E-state index in [4.69, 9.17) is 0 Å². The van der Waals surface area contributed by atoms with Crippen molar-refractivity contribution in [3.05, 3.63) is 52.4 Å². The van der Waals surface area contributed by atoms with Gasteiger partial charge < -0.3 is 15.5 Å². The van der Waals surface area contributed by atoms with Crippen molar-refractivity contribution in [2.45, 2.75) is 19.8 Å². The maximum atomic E-state index is 12.4. The molecule has 5 nitrogen and oxygen atoms in total. The summed E-state index contributed by atoms with van der Waals surface area (Å²) in [7, 11) is 3.90. The van der Waals surface area contributed by atoms with E-state index in [2.05, 4.69) is 24.5 Å². The number of nitrogens with one attached hydrogen (secondary N) is 2. The topological polar surface area (TPSA) is 61.4 Å². The Morgan fingerprint density at radius 2 is 1.76 bits per heavy atom. The van der Waals surface area contributed by atoms with Gasteiger partial charge in [-0.3, -0.25) is 9.59 Å². The molecule has 2 amide bonds. The van der Waals surface area contributed by atoms with Crippen molar-refractivity contribution in [1.29, 1.82) is 0 Å². The lowest BCUT2D eigenvalue weighted by Gasteiger charge is -2.11. The molecule has 0 unspecified atom stereocenters. The zero-order valence-electron chi connectivity index (χ0n) is 15.1. The summed E-state index contributed by atoms with van der Waals surface area (Å²) in [5.74, 6) is 0.0422. The van der Waals surface area contributed by atoms with Crippen LogP contribution in [0.2, 0.25) is 0 Å². The minimum Gasteiger partial charge on any atom is -0.351 e. The fourth-order valence-electron chi connectivity index (χ4n) is 2.27. The van der Waals surface area contributed by atoms with Crippen LogP contribution < -0.4 is 10.6 Å². The Morgan fingerprint density at radius 3 is 2.36 bits per heavy atom. The van der Waals surface area contributed by atoms with Gasteiger partial charge in [-0.05, 0) is 49.2 Å². The zero-order valence-corrected chi connectivity index (χ0v) is 15.9. The van der Waals surface area contributed by atoms with Crippen molar-refractivity contribution in [2.75, 3.05) is 32.5 Å². The Hall–Kier alpha value is -2.18. The first-order valence-electron chi connectivity index (χ1n) is 8.30. The maximum absolute atomic E-state index is 12.4. The van der Waals surface area contributed by atoms with Gasteiger partial charge >= 0.3 is 0 Å². The minimum absolute atomic E-state index is 0.173. The van der Waals surface area contributed by atoms with E-state index in [0.29, 0.717) is 28.6 Å². The number of hydrogen-bond donors (Lipinski definition) is 2. The van der Waals surface area contributed by atoms with Crippen molar-refractivity contribution in [1.82, 2.24) is 10.2 Å². The Bertz CT molecular complexity index is 721. The number of carbonyl (C=O) groups is 2. The fraction of sp³-hybridized carbons (Fsp3) is 0.368. The van der Waals surface area contributed by atoms with Gasteiger partial charge in [-0.15, -0.1) is 11.3 Å². The second-order valence-corrected chi connectivity index (χ2v) is 7.37. The van der Waals surface area contributed by atoms with Crippen LogP contribution in [0.3, 0.4) is 0 Å². The lowest BCUT2D eigenvalue weighted by Crippen LogP contribution is -2.31. The molecule has 6 heteroatoms. The van der Waals surface area contributed by atoms with E-state index in [0.717, 1.165) is 6.54 Å². The lowest BCUT2D eigenvalue weighted by atomic mass is 10.0. The highest BCUT2D eigenvalue weighted by atomic mass is 32.1. The van der Waals surface area contributed by atoms with E-state index in [9.17, 15) is 9.59 Å². The molecule has 0 saturated carbocycles. The highest BCUT2D eigenvalue weighted by Crippen LogP contribution is 2.24. The molecule has 1 heterocycles. The molecular formula is C19H25N3O2S. The van der Waals surface area contributed by atoms with Crippen LogP contribution in [0.5, 0.6) is 0 Å². The number of anilines is 1. The number of rotatable bonds is 7. The molecule has 0 aliphatic rings. The van der Waals surface area contributed by atoms with E-state index < -0.39 is 0 Å². The summed E-state index contributed by atoms with van der Waals surface area (Å²) in [5, 5.41) is 8.08. The second kappa shape index (κ2) is 8.78. The van der Waals surface area contributed by atoms with E-state index >= 15 is 0 Å². The second-order valence-electron chi connectivity index (χ2n) is 6.45. The zero-order chi connectivity index (χ0) is 18.4. The van der Waals surface area contributed by atoms with E-state index in [1.807, 2.05) is 43.3 Å². The van der Waals surface area contributed by atoms with Crippen LogP contribution in [-0.2, 0) is 0 Å². The Kier molecular flexibility index (Phi) is 6.73. The van der Waals surface area contributed by atoms with E-state index in [1.54, 1.807) is 11.4 Å². The molecule has 0 fully saturated rings. The van der Waals surface area contributed by atoms with Gasteiger partial charge in [-0.25, -0.2) is 0 Å². The van der Waals surface area contributed by atoms with Crippen LogP contribution in [0, 0.1) is 0 Å². The number of thiophene rings is 1. The molecule has 0 aliphatic carbocycles. The largest absolute Gasteiger partial charge is 0.351 e. The first-order valence-corrected chi connectivity index (χ1v) is 9.18. The van der Waals surface area contributed by atoms with Crippen LogP contribution in [0.1, 0.15) is 46.0 Å². The Morgan fingerprint density at radius 1 is 1.08 bits per heavy atom. The molecule has 0 saturated heterocycles. The molecular weight excluding hydrogens is 334 g/mol. The molecule has 2 rings (SSSR count). The molecule has 0 spiro atoms. The van der Waals surface area contributed by atoms with Crippen LogP contribution in [0.15, 0.2) is 35.7 Å². The standard InChI is InChI=1S/C19H25N3O2S/c1-13(2)14-5-7-15(8-6-14)17(23)21-19-16(9-12-25-19)18(24)20-10-11-22(3)4/h5-9,12-13H,10-11H2,1-4H3,(H,20,24)(H,21,23). The average molecular weight is 359 g/mol. The summed E-state index contributed by atoms with van der Waals surface area (Å²) < 4.78 is 0. The van der Waals surface area contributed by atoms with Gasteiger partial charge in [0, 0.05) is 18.7 Å². The van der Waals surface area contributed by atoms with Crippen LogP contribution in [0.4, 0.5) is 5.00 Å². The van der Waals surface area contributed by atoms with E-state index in [1.165, 1.54) is 16.9 Å². The number of carbonyl (C=O) groups excluding carboxylic acids is 2. The van der Waals surface area contributed by atoms with Crippen LogP contribution in [-0.4, -0.2) is 43.9 Å². The van der Waals surface area contributed by atoms with Gasteiger partial charge in [0.15, 0.2) is 0 Å². The third-order valence-electron chi connectivity index (χ3n) is 3.82. The molecule has 1 aromatic heterocycles. The summed E-state index contributed by atoms with van der Waals surface area (Å²) in [6, 6.07) is 9.28. The van der Waals surface area contributed by atoms with Crippen molar-refractivity contribution in [3.8, 4) is 0 Å². The quantitative estimate of drug-likeness (QED) is 0.796. The smallest absolute Gasteiger partial charge is 0.256 e. The summed E-state index contributed by atoms with van der Waals surface area (Å²) in [6.07, 6.45) is 0. The molecule has 2 aromatic rings. The maximum Gasteiger partial charge on any atom is 0.256 e. The molecule has 134 valence electrons. The Balaban J connectivity index is 2.02. The van der Waals surface area contributed by atoms with Crippen LogP contribution >= 0.6 is 11.3 Å². The van der Waals surface area contributed by atoms with Crippen molar-refractivity contribution >= 4 is 28.2 Å². The first-order chi connectivity index (χ1) is 11.9. The molecule has 0 bridgehead atoms. The molecule has 0 aliphatic heterocycles. The van der Waals surface area contributed by atoms with E-state index in [-0.39, 0.29) is 11.8 Å². The summed E-state index contributed by atoms with van der Waals surface area (Å²) in [5.41, 5.74) is 2.27. The van der Waals surface area contributed by atoms with Crippen molar-refractivity contribution in [2.24, 2.45) is 0 Å². The molecule has 25 heavy (non-hydrogen) atoms. The molecule has 2 N–H and O–H groups in total. The SMILES string of the molecule is CC(C)c1ccc(C(=O)Nc2sccc2C(=O)NCCN(C)C)cc1. The molecule has 0 atom stereocenters. The average Bonchev–Trinajstić information content (AvgIpc) is 3.02. The number of hydrogen-bond acceptors (Lipinski definition) is 4. The number of likely N-dealkylation sites (N-methyl/N-ethyl adjacent to an activating group) is 1. The monoisotopic (exact) mass is 359 g/mol. The van der Waals surface area contributed by atoms with Gasteiger partial charge in [-0.1, -0.05) is 26.0 Å². The summed E-state index contributed by atoms with van der Waals surface area (Å²) in [6.45, 7) is 5.55. The molecule has 1 aromatic carbocycles. The predicted molar refractivity (Wildman–Crippen MR) is 104 cm³/mol. The minimum atomic E-state index is -0.208. The number of benzene rings is 1. The normalized spacial score (nSPS) is 11.0. The summed E-state index contributed by atoms with van der Waals surface area (Å²) in [4.78, 5) is 26.7. The van der Waals surface area contributed by atoms with Crippen molar-refractivity contribution in [3.63, 3.8) is 0 Å². The van der Waals surface area contributed by atoms with Gasteiger partial charge in [-0.2, -0.15) is 0 Å². The summed E-state index contributed by atoms with van der Waals surface area (Å²) >= 11 is 1.35. The third-order valence-corrected chi connectivity index (χ3v) is 4.65. The highest BCUT2D eigenvalue weighted by molar-refractivity contribution is 7.14. The molecule has 0 radical (unpaired) electrons. The highest BCUT2D eigenvalue weighted by Gasteiger charge is 2.16. The number of amides is 2. The fourth-order valence-corrected chi connectivity index (χ4v) is 3.05. The van der Waals surface area contributed by atoms with Gasteiger partial charge in [0.25, 0.3) is 11.8 Å². The van der Waals surface area contributed by atoms with Crippen LogP contribution in [0.25, 0.3) is 0 Å². The predicted octanol–water partition coefficient (Wildman–Crippen LogP) is 3.42. The third kappa shape index (κ3) is 5.41. The number of nitrogens with zero attached hydrogens (tertiary/aromatic N) is 1. The van der Waals surface area contributed by atoms with Crippen molar-refractivity contribution < 1.29 is 9.59 Å². The van der Waals surface area contributed by atoms with Gasteiger partial charge in [0.1, 0.15) is 5.00 Å². The Labute approximate surface area is 153 Å². The van der Waals surface area contributed by atoms with Gasteiger partial charge in [0.05, 0.1) is 5.56 Å². The van der Waals surface area contributed by atoms with Gasteiger partial charge in [0.2, 0.25) is 0 Å². The lowest BCUT2D eigenvalue weighted by molar-refractivity contribution is 0.0952.